The second kappa shape index (κ2) is 12.2. The molecule has 7 nitrogen and oxygen atoms in total. The molecule has 0 fully saturated rings. The molecule has 0 heterocycles. The normalized spacial score (nSPS) is 11.3. The lowest BCUT2D eigenvalue weighted by Gasteiger charge is -2.25. The molecule has 0 aromatic heterocycles. The molecule has 34 heavy (non-hydrogen) atoms. The SMILES string of the molecule is NC(=O)C[C@H](OC(=O)N(Cc1ccccc1)Cc1ccccc1)C(=O)NCc1ccc(F)cc1. The predicted octanol–water partition coefficient (Wildman–Crippen LogP) is 3.52. The Morgan fingerprint density at radius 2 is 1.35 bits per heavy atom. The molecule has 0 radical (unpaired) electrons. The molecule has 3 N–H and O–H groups in total. The summed E-state index contributed by atoms with van der Waals surface area (Å²) in [5, 5.41) is 2.60. The van der Waals surface area contributed by atoms with Crippen molar-refractivity contribution in [1.82, 2.24) is 10.2 Å². The summed E-state index contributed by atoms with van der Waals surface area (Å²) < 4.78 is 18.5. The van der Waals surface area contributed by atoms with Gasteiger partial charge in [0.15, 0.2) is 6.10 Å². The van der Waals surface area contributed by atoms with Gasteiger partial charge < -0.3 is 15.8 Å². The third-order valence-corrected chi connectivity index (χ3v) is 4.99. The van der Waals surface area contributed by atoms with Crippen LogP contribution in [-0.4, -0.2) is 28.9 Å². The van der Waals surface area contributed by atoms with E-state index in [1.54, 1.807) is 0 Å². The van der Waals surface area contributed by atoms with Crippen molar-refractivity contribution in [2.45, 2.75) is 32.2 Å². The molecule has 0 saturated carbocycles. The smallest absolute Gasteiger partial charge is 0.411 e. The van der Waals surface area contributed by atoms with Crippen molar-refractivity contribution in [2.75, 3.05) is 0 Å². The predicted molar refractivity (Wildman–Crippen MR) is 124 cm³/mol. The Hall–Kier alpha value is -4.20. The average molecular weight is 464 g/mol. The zero-order valence-electron chi connectivity index (χ0n) is 18.5. The molecule has 0 bridgehead atoms. The molecular formula is C26H26FN3O4. The van der Waals surface area contributed by atoms with Crippen LogP contribution in [0.1, 0.15) is 23.1 Å². The van der Waals surface area contributed by atoms with Gasteiger partial charge in [-0.05, 0) is 28.8 Å². The molecule has 8 heteroatoms. The van der Waals surface area contributed by atoms with Gasteiger partial charge in [-0.2, -0.15) is 0 Å². The first-order chi connectivity index (χ1) is 16.4. The number of rotatable bonds is 10. The first-order valence-corrected chi connectivity index (χ1v) is 10.7. The van der Waals surface area contributed by atoms with Gasteiger partial charge in [0, 0.05) is 19.6 Å². The summed E-state index contributed by atoms with van der Waals surface area (Å²) in [7, 11) is 0. The van der Waals surface area contributed by atoms with E-state index in [4.69, 9.17) is 10.5 Å². The van der Waals surface area contributed by atoms with E-state index >= 15 is 0 Å². The van der Waals surface area contributed by atoms with E-state index in [2.05, 4.69) is 5.32 Å². The Bertz CT molecular complexity index is 1050. The summed E-state index contributed by atoms with van der Waals surface area (Å²) in [4.78, 5) is 38.8. The maximum atomic E-state index is 13.1. The van der Waals surface area contributed by atoms with Gasteiger partial charge >= 0.3 is 6.09 Å². The number of halogens is 1. The number of nitrogens with one attached hydrogen (secondary N) is 1. The summed E-state index contributed by atoms with van der Waals surface area (Å²) in [5.41, 5.74) is 7.69. The highest BCUT2D eigenvalue weighted by Crippen LogP contribution is 2.14. The Kier molecular flexibility index (Phi) is 8.73. The van der Waals surface area contributed by atoms with Crippen molar-refractivity contribution in [3.8, 4) is 0 Å². The molecule has 3 amide bonds. The van der Waals surface area contributed by atoms with E-state index < -0.39 is 36.2 Å². The van der Waals surface area contributed by atoms with Crippen molar-refractivity contribution >= 4 is 17.9 Å². The van der Waals surface area contributed by atoms with E-state index in [1.165, 1.54) is 29.2 Å². The topological polar surface area (TPSA) is 102 Å². The highest BCUT2D eigenvalue weighted by molar-refractivity contribution is 5.88. The zero-order chi connectivity index (χ0) is 24.3. The number of nitrogens with two attached hydrogens (primary N) is 1. The average Bonchev–Trinajstić information content (AvgIpc) is 2.83. The van der Waals surface area contributed by atoms with Crippen LogP contribution >= 0.6 is 0 Å². The lowest BCUT2D eigenvalue weighted by molar-refractivity contribution is -0.134. The molecule has 3 aromatic carbocycles. The van der Waals surface area contributed by atoms with E-state index in [-0.39, 0.29) is 19.6 Å². The van der Waals surface area contributed by atoms with Crippen LogP contribution in [0, 0.1) is 5.82 Å². The lowest BCUT2D eigenvalue weighted by atomic mass is 10.2. The number of ether oxygens (including phenoxy) is 1. The minimum atomic E-state index is -1.40. The quantitative estimate of drug-likeness (QED) is 0.480. The van der Waals surface area contributed by atoms with Crippen LogP contribution in [0.15, 0.2) is 84.9 Å². The molecule has 0 aliphatic carbocycles. The van der Waals surface area contributed by atoms with Crippen molar-refractivity contribution in [1.29, 1.82) is 0 Å². The van der Waals surface area contributed by atoms with E-state index in [0.717, 1.165) is 11.1 Å². The molecule has 0 aliphatic rings. The van der Waals surface area contributed by atoms with Crippen LogP contribution in [0.4, 0.5) is 9.18 Å². The number of amides is 3. The molecular weight excluding hydrogens is 437 g/mol. The van der Waals surface area contributed by atoms with Crippen LogP contribution in [-0.2, 0) is 34.0 Å². The Balaban J connectivity index is 1.71. The number of carbonyl (C=O) groups is 3. The van der Waals surface area contributed by atoms with Gasteiger partial charge in [-0.15, -0.1) is 0 Å². The molecule has 176 valence electrons. The van der Waals surface area contributed by atoms with Crippen LogP contribution in [0.25, 0.3) is 0 Å². The molecule has 0 unspecified atom stereocenters. The largest absolute Gasteiger partial charge is 0.435 e. The van der Waals surface area contributed by atoms with Crippen molar-refractivity contribution < 1.29 is 23.5 Å². The highest BCUT2D eigenvalue weighted by Gasteiger charge is 2.28. The second-order valence-electron chi connectivity index (χ2n) is 7.71. The monoisotopic (exact) mass is 463 g/mol. The first-order valence-electron chi connectivity index (χ1n) is 10.7. The number of hydrogen-bond donors (Lipinski definition) is 2. The van der Waals surface area contributed by atoms with Gasteiger partial charge in [0.05, 0.1) is 6.42 Å². The number of primary amides is 1. The minimum Gasteiger partial charge on any atom is -0.435 e. The third kappa shape index (κ3) is 7.74. The fraction of sp³-hybridized carbons (Fsp3) is 0.192. The van der Waals surface area contributed by atoms with Crippen LogP contribution in [0.2, 0.25) is 0 Å². The zero-order valence-corrected chi connectivity index (χ0v) is 18.5. The third-order valence-electron chi connectivity index (χ3n) is 4.99. The van der Waals surface area contributed by atoms with Gasteiger partial charge in [0.25, 0.3) is 5.91 Å². The summed E-state index contributed by atoms with van der Waals surface area (Å²) >= 11 is 0. The van der Waals surface area contributed by atoms with Crippen molar-refractivity contribution in [3.05, 3.63) is 107 Å². The van der Waals surface area contributed by atoms with E-state index in [1.807, 2.05) is 60.7 Å². The Labute approximate surface area is 197 Å². The summed E-state index contributed by atoms with van der Waals surface area (Å²) in [6.45, 7) is 0.563. The summed E-state index contributed by atoms with van der Waals surface area (Å²) in [5.74, 6) is -1.85. The molecule has 3 rings (SSSR count). The lowest BCUT2D eigenvalue weighted by Crippen LogP contribution is -2.43. The molecule has 0 spiro atoms. The van der Waals surface area contributed by atoms with Crippen LogP contribution in [0.5, 0.6) is 0 Å². The molecule has 1 atom stereocenters. The fourth-order valence-corrected chi connectivity index (χ4v) is 3.26. The van der Waals surface area contributed by atoms with Gasteiger partial charge in [-0.1, -0.05) is 72.8 Å². The van der Waals surface area contributed by atoms with Crippen molar-refractivity contribution in [3.63, 3.8) is 0 Å². The minimum absolute atomic E-state index is 0.0731. The maximum absolute atomic E-state index is 13.1. The van der Waals surface area contributed by atoms with Gasteiger partial charge in [-0.25, -0.2) is 9.18 Å². The second-order valence-corrected chi connectivity index (χ2v) is 7.71. The molecule has 3 aromatic rings. The van der Waals surface area contributed by atoms with Crippen LogP contribution < -0.4 is 11.1 Å². The number of benzene rings is 3. The molecule has 0 aliphatic heterocycles. The van der Waals surface area contributed by atoms with Crippen molar-refractivity contribution in [2.24, 2.45) is 5.73 Å². The first kappa shape index (κ1) is 24.4. The van der Waals surface area contributed by atoms with E-state index in [0.29, 0.717) is 5.56 Å². The maximum Gasteiger partial charge on any atom is 0.411 e. The fourth-order valence-electron chi connectivity index (χ4n) is 3.26. The van der Waals surface area contributed by atoms with Crippen LogP contribution in [0.3, 0.4) is 0 Å². The van der Waals surface area contributed by atoms with Gasteiger partial charge in [-0.3, -0.25) is 14.5 Å². The number of nitrogens with zero attached hydrogens (tertiary/aromatic N) is 1. The Morgan fingerprint density at radius 3 is 1.85 bits per heavy atom. The Morgan fingerprint density at radius 1 is 0.824 bits per heavy atom. The highest BCUT2D eigenvalue weighted by atomic mass is 19.1. The standard InChI is InChI=1S/C26H26FN3O4/c27-22-13-11-19(12-14-22)16-29-25(32)23(15-24(28)31)34-26(33)30(17-20-7-3-1-4-8-20)18-21-9-5-2-6-10-21/h1-14,23H,15-18H2,(H2,28,31)(H,29,32)/t23-/m0/s1. The number of carbonyl (C=O) groups excluding carboxylic acids is 3. The van der Waals surface area contributed by atoms with Gasteiger partial charge in [0.2, 0.25) is 5.91 Å². The summed E-state index contributed by atoms with van der Waals surface area (Å²) in [6, 6.07) is 24.3. The number of hydrogen-bond acceptors (Lipinski definition) is 4. The summed E-state index contributed by atoms with van der Waals surface area (Å²) in [6.07, 6.45) is -2.62. The van der Waals surface area contributed by atoms with E-state index in [9.17, 15) is 18.8 Å². The van der Waals surface area contributed by atoms with Gasteiger partial charge in [0.1, 0.15) is 5.82 Å². The molecule has 0 saturated heterocycles.